The molecule has 0 bridgehead atoms. The second kappa shape index (κ2) is 4.69. The molecule has 13 heavy (non-hydrogen) atoms. The number of halogens is 2. The largest absolute Gasteiger partial charge is 0.365 e. The maximum Gasteiger partial charge on any atom is 0.186 e. The molecule has 0 aliphatic heterocycles. The Morgan fingerprint density at radius 2 is 2.23 bits per heavy atom. The molecule has 1 N–H and O–H groups in total. The summed E-state index contributed by atoms with van der Waals surface area (Å²) in [5.41, 5.74) is 0.344. The third kappa shape index (κ3) is 2.34. The third-order valence-electron chi connectivity index (χ3n) is 1.58. The Morgan fingerprint density at radius 1 is 1.46 bits per heavy atom. The van der Waals surface area contributed by atoms with Crippen LogP contribution >= 0.6 is 0 Å². The molecular formula is C8H11F2N3. The molecule has 0 aromatic carbocycles. The van der Waals surface area contributed by atoms with E-state index in [1.54, 1.807) is 6.92 Å². The summed E-state index contributed by atoms with van der Waals surface area (Å²) < 4.78 is 25.1. The van der Waals surface area contributed by atoms with Crippen molar-refractivity contribution in [3.8, 4) is 0 Å². The van der Waals surface area contributed by atoms with Crippen LogP contribution in [0.2, 0.25) is 0 Å². The Bertz CT molecular complexity index is 278. The van der Waals surface area contributed by atoms with Gasteiger partial charge >= 0.3 is 0 Å². The molecule has 0 unspecified atom stereocenters. The molecule has 5 heteroatoms. The number of alkyl halides is 1. The van der Waals surface area contributed by atoms with Gasteiger partial charge < -0.3 is 5.32 Å². The molecule has 1 aromatic heterocycles. The molecular weight excluding hydrogens is 176 g/mol. The van der Waals surface area contributed by atoms with Gasteiger partial charge in [0.2, 0.25) is 0 Å². The Balaban J connectivity index is 2.81. The highest BCUT2D eigenvalue weighted by atomic mass is 19.1. The van der Waals surface area contributed by atoms with E-state index in [9.17, 15) is 8.78 Å². The van der Waals surface area contributed by atoms with Gasteiger partial charge in [0, 0.05) is 6.54 Å². The number of rotatable bonds is 4. The molecule has 0 amide bonds. The Morgan fingerprint density at radius 3 is 2.85 bits per heavy atom. The van der Waals surface area contributed by atoms with Crippen molar-refractivity contribution in [1.29, 1.82) is 0 Å². The number of aryl methyl sites for hydroxylation is 1. The van der Waals surface area contributed by atoms with Crippen molar-refractivity contribution >= 4 is 5.82 Å². The lowest BCUT2D eigenvalue weighted by molar-refractivity contribution is 0.510. The Kier molecular flexibility index (Phi) is 3.54. The van der Waals surface area contributed by atoms with Gasteiger partial charge in [0.15, 0.2) is 11.6 Å². The number of anilines is 1. The minimum Gasteiger partial charge on any atom is -0.365 e. The Hall–Kier alpha value is -1.26. The first-order chi connectivity index (χ1) is 6.29. The number of nitrogens with one attached hydrogen (secondary N) is 1. The van der Waals surface area contributed by atoms with Crippen molar-refractivity contribution in [2.24, 2.45) is 0 Å². The predicted molar refractivity (Wildman–Crippen MR) is 45.8 cm³/mol. The first kappa shape index (κ1) is 9.83. The summed E-state index contributed by atoms with van der Waals surface area (Å²) in [4.78, 5) is 7.41. The zero-order valence-corrected chi connectivity index (χ0v) is 7.35. The van der Waals surface area contributed by atoms with Crippen LogP contribution in [0.15, 0.2) is 6.33 Å². The standard InChI is InChI=1S/C8H11F2N3/c1-2-6-7(10)8(11-4-3-9)13-5-12-6/h5H,2-4H2,1H3,(H,11,12,13). The summed E-state index contributed by atoms with van der Waals surface area (Å²) in [5.74, 6) is -0.414. The van der Waals surface area contributed by atoms with Crippen LogP contribution < -0.4 is 5.32 Å². The van der Waals surface area contributed by atoms with Crippen molar-refractivity contribution < 1.29 is 8.78 Å². The molecule has 0 saturated heterocycles. The van der Waals surface area contributed by atoms with Crippen LogP contribution in [0, 0.1) is 5.82 Å². The number of nitrogens with zero attached hydrogens (tertiary/aromatic N) is 2. The van der Waals surface area contributed by atoms with E-state index in [-0.39, 0.29) is 12.4 Å². The second-order valence-corrected chi connectivity index (χ2v) is 2.45. The monoisotopic (exact) mass is 187 g/mol. The summed E-state index contributed by atoms with van der Waals surface area (Å²) in [6.07, 6.45) is 1.77. The van der Waals surface area contributed by atoms with Crippen LogP contribution in [0.25, 0.3) is 0 Å². The Labute approximate surface area is 75.2 Å². The average molecular weight is 187 g/mol. The van der Waals surface area contributed by atoms with Gasteiger partial charge in [0.05, 0.1) is 5.69 Å². The molecule has 1 heterocycles. The molecule has 1 rings (SSSR count). The normalized spacial score (nSPS) is 10.1. The fraction of sp³-hybridized carbons (Fsp3) is 0.500. The van der Waals surface area contributed by atoms with Crippen LogP contribution in [0.3, 0.4) is 0 Å². The lowest BCUT2D eigenvalue weighted by Crippen LogP contribution is -2.09. The lowest BCUT2D eigenvalue weighted by atomic mass is 10.3. The molecule has 0 aliphatic rings. The molecule has 0 fully saturated rings. The van der Waals surface area contributed by atoms with E-state index in [1.807, 2.05) is 0 Å². The SMILES string of the molecule is CCc1ncnc(NCCF)c1F. The molecule has 3 nitrogen and oxygen atoms in total. The average Bonchev–Trinajstić information content (AvgIpc) is 2.16. The molecule has 0 radical (unpaired) electrons. The van der Waals surface area contributed by atoms with Crippen LogP contribution in [0.1, 0.15) is 12.6 Å². The summed E-state index contributed by atoms with van der Waals surface area (Å²) in [6.45, 7) is 1.31. The highest BCUT2D eigenvalue weighted by Crippen LogP contribution is 2.12. The zero-order valence-electron chi connectivity index (χ0n) is 7.35. The highest BCUT2D eigenvalue weighted by molar-refractivity contribution is 5.37. The quantitative estimate of drug-likeness (QED) is 0.777. The van der Waals surface area contributed by atoms with E-state index >= 15 is 0 Å². The smallest absolute Gasteiger partial charge is 0.186 e. The van der Waals surface area contributed by atoms with Gasteiger partial charge in [-0.2, -0.15) is 0 Å². The lowest BCUT2D eigenvalue weighted by Gasteiger charge is -2.05. The second-order valence-electron chi connectivity index (χ2n) is 2.45. The van der Waals surface area contributed by atoms with Gasteiger partial charge in [-0.3, -0.25) is 0 Å². The van der Waals surface area contributed by atoms with E-state index in [0.29, 0.717) is 12.1 Å². The first-order valence-corrected chi connectivity index (χ1v) is 4.08. The summed E-state index contributed by atoms with van der Waals surface area (Å²) in [5, 5.41) is 2.54. The minimum atomic E-state index is -0.551. The maximum absolute atomic E-state index is 13.3. The molecule has 0 saturated carbocycles. The number of hydrogen-bond acceptors (Lipinski definition) is 3. The van der Waals surface area contributed by atoms with Crippen LogP contribution in [0.5, 0.6) is 0 Å². The molecule has 1 aromatic rings. The van der Waals surface area contributed by atoms with Gasteiger partial charge in [-0.05, 0) is 6.42 Å². The van der Waals surface area contributed by atoms with Crippen molar-refractivity contribution in [3.05, 3.63) is 17.8 Å². The molecule has 0 aliphatic carbocycles. The van der Waals surface area contributed by atoms with Crippen molar-refractivity contribution in [2.45, 2.75) is 13.3 Å². The van der Waals surface area contributed by atoms with E-state index in [0.717, 1.165) is 0 Å². The fourth-order valence-corrected chi connectivity index (χ4v) is 0.942. The highest BCUT2D eigenvalue weighted by Gasteiger charge is 2.07. The van der Waals surface area contributed by atoms with Gasteiger partial charge in [-0.1, -0.05) is 6.92 Å². The van der Waals surface area contributed by atoms with Crippen molar-refractivity contribution in [1.82, 2.24) is 9.97 Å². The minimum absolute atomic E-state index is 0.0666. The van der Waals surface area contributed by atoms with Crippen LogP contribution in [-0.4, -0.2) is 23.2 Å². The number of aromatic nitrogens is 2. The number of hydrogen-bond donors (Lipinski definition) is 1. The summed E-state index contributed by atoms with van der Waals surface area (Å²) in [7, 11) is 0. The van der Waals surface area contributed by atoms with E-state index < -0.39 is 12.5 Å². The fourth-order valence-electron chi connectivity index (χ4n) is 0.942. The van der Waals surface area contributed by atoms with Gasteiger partial charge in [-0.25, -0.2) is 18.7 Å². The van der Waals surface area contributed by atoms with Gasteiger partial charge in [0.25, 0.3) is 0 Å². The van der Waals surface area contributed by atoms with E-state index in [2.05, 4.69) is 15.3 Å². The van der Waals surface area contributed by atoms with E-state index in [1.165, 1.54) is 6.33 Å². The van der Waals surface area contributed by atoms with Crippen LogP contribution in [0.4, 0.5) is 14.6 Å². The van der Waals surface area contributed by atoms with Crippen molar-refractivity contribution in [3.63, 3.8) is 0 Å². The summed E-state index contributed by atoms with van der Waals surface area (Å²) in [6, 6.07) is 0. The van der Waals surface area contributed by atoms with Gasteiger partial charge in [0.1, 0.15) is 13.0 Å². The molecule has 72 valence electrons. The third-order valence-corrected chi connectivity index (χ3v) is 1.58. The van der Waals surface area contributed by atoms with E-state index in [4.69, 9.17) is 0 Å². The topological polar surface area (TPSA) is 37.8 Å². The molecule has 0 atom stereocenters. The van der Waals surface area contributed by atoms with Gasteiger partial charge in [-0.15, -0.1) is 0 Å². The maximum atomic E-state index is 13.3. The molecule has 0 spiro atoms. The predicted octanol–water partition coefficient (Wildman–Crippen LogP) is 1.56. The van der Waals surface area contributed by atoms with Crippen molar-refractivity contribution in [2.75, 3.05) is 18.5 Å². The first-order valence-electron chi connectivity index (χ1n) is 4.08. The zero-order chi connectivity index (χ0) is 9.68. The van der Waals surface area contributed by atoms with Crippen LogP contribution in [-0.2, 0) is 6.42 Å². The summed E-state index contributed by atoms with van der Waals surface area (Å²) >= 11 is 0.